The molecule has 7 heteroatoms. The van der Waals surface area contributed by atoms with Gasteiger partial charge in [-0.05, 0) is 18.6 Å². The maximum atomic E-state index is 12.1. The summed E-state index contributed by atoms with van der Waals surface area (Å²) in [6.45, 7) is 3.55. The Morgan fingerprint density at radius 3 is 2.56 bits per heavy atom. The summed E-state index contributed by atoms with van der Waals surface area (Å²) >= 11 is 1.44. The number of carbonyl (C=O) groups is 1. The van der Waals surface area contributed by atoms with Gasteiger partial charge in [-0.15, -0.1) is 17.0 Å². The van der Waals surface area contributed by atoms with Gasteiger partial charge in [-0.25, -0.2) is 4.98 Å². The third-order valence-corrected chi connectivity index (χ3v) is 5.12. The molecular formula is C20H19BrN4OS. The molecule has 4 aromatic rings. The van der Waals surface area contributed by atoms with Crippen molar-refractivity contribution in [3.05, 3.63) is 60.2 Å². The Labute approximate surface area is 171 Å². The molecule has 2 aromatic heterocycles. The van der Waals surface area contributed by atoms with E-state index >= 15 is 0 Å². The molecule has 0 atom stereocenters. The molecule has 0 radical (unpaired) electrons. The fourth-order valence-electron chi connectivity index (χ4n) is 3.05. The molecule has 5 nitrogen and oxygen atoms in total. The zero-order valence-corrected chi connectivity index (χ0v) is 17.5. The first kappa shape index (κ1) is 19.3. The fraction of sp³-hybridized carbons (Fsp3) is 0.150. The summed E-state index contributed by atoms with van der Waals surface area (Å²) in [4.78, 5) is 17.6. The highest BCUT2D eigenvalue weighted by molar-refractivity contribution is 8.93. The van der Waals surface area contributed by atoms with Gasteiger partial charge in [0.25, 0.3) is 0 Å². The van der Waals surface area contributed by atoms with Gasteiger partial charge in [-0.1, -0.05) is 59.9 Å². The number of hydrogen-bond donors (Lipinski definition) is 1. The molecular weight excluding hydrogens is 424 g/mol. The number of anilines is 1. The first-order valence-corrected chi connectivity index (χ1v) is 9.19. The normalized spacial score (nSPS) is 11.6. The highest BCUT2D eigenvalue weighted by Gasteiger charge is 2.17. The van der Waals surface area contributed by atoms with Crippen LogP contribution in [0.25, 0.3) is 21.3 Å². The van der Waals surface area contributed by atoms with Crippen molar-refractivity contribution < 1.29 is 4.79 Å². The summed E-state index contributed by atoms with van der Waals surface area (Å²) in [5.74, 6) is -0.0184. The number of nitrogens with one attached hydrogen (secondary N) is 1. The SMILES string of the molecule is Br.CC(=O)n1c2ccccc2c2nc(N/N=C(\C)Cc3ccccc3)sc21. The van der Waals surface area contributed by atoms with Gasteiger partial charge in [0.05, 0.1) is 5.52 Å². The smallest absolute Gasteiger partial charge is 0.229 e. The van der Waals surface area contributed by atoms with Crippen molar-refractivity contribution in [1.82, 2.24) is 9.55 Å². The second-order valence-corrected chi connectivity index (χ2v) is 7.14. The maximum Gasteiger partial charge on any atom is 0.229 e. The summed E-state index contributed by atoms with van der Waals surface area (Å²) in [5.41, 5.74) is 6.95. The maximum absolute atomic E-state index is 12.1. The lowest BCUT2D eigenvalue weighted by atomic mass is 10.1. The Morgan fingerprint density at radius 2 is 1.81 bits per heavy atom. The van der Waals surface area contributed by atoms with Crippen LogP contribution >= 0.6 is 28.3 Å². The summed E-state index contributed by atoms with van der Waals surface area (Å²) in [6, 6.07) is 18.0. The van der Waals surface area contributed by atoms with Crippen molar-refractivity contribution in [2.24, 2.45) is 5.10 Å². The number of aromatic nitrogens is 2. The standard InChI is InChI=1S/C20H18N4OS.BrH/c1-13(12-15-8-4-3-5-9-15)22-23-20-21-18-16-10-6-7-11-17(16)24(14(2)25)19(18)26-20;/h3-11H,12H2,1-2H3,(H,21,23);1H/b22-13+;. The van der Waals surface area contributed by atoms with Gasteiger partial charge < -0.3 is 0 Å². The minimum Gasteiger partial charge on any atom is -0.274 e. The molecule has 0 unspecified atom stereocenters. The van der Waals surface area contributed by atoms with Crippen LogP contribution in [0.5, 0.6) is 0 Å². The third kappa shape index (κ3) is 3.79. The minimum atomic E-state index is -0.0184. The Kier molecular flexibility index (Phi) is 5.72. The van der Waals surface area contributed by atoms with E-state index in [0.717, 1.165) is 33.4 Å². The largest absolute Gasteiger partial charge is 0.274 e. The molecule has 2 aromatic carbocycles. The van der Waals surface area contributed by atoms with E-state index in [9.17, 15) is 4.79 Å². The van der Waals surface area contributed by atoms with Crippen LogP contribution in [0.1, 0.15) is 24.2 Å². The van der Waals surface area contributed by atoms with E-state index in [0.29, 0.717) is 5.13 Å². The van der Waals surface area contributed by atoms with Crippen molar-refractivity contribution in [3.63, 3.8) is 0 Å². The van der Waals surface area contributed by atoms with Crippen LogP contribution in [0, 0.1) is 0 Å². The molecule has 4 rings (SSSR count). The summed E-state index contributed by atoms with van der Waals surface area (Å²) in [5, 5.41) is 6.10. The van der Waals surface area contributed by atoms with Crippen LogP contribution in [0.2, 0.25) is 0 Å². The average molecular weight is 443 g/mol. The Hall–Kier alpha value is -2.51. The van der Waals surface area contributed by atoms with Crippen molar-refractivity contribution in [2.75, 3.05) is 5.43 Å². The highest BCUT2D eigenvalue weighted by Crippen LogP contribution is 2.34. The second-order valence-electron chi connectivity index (χ2n) is 6.17. The number of hydrazone groups is 1. The van der Waals surface area contributed by atoms with Crippen LogP contribution in [-0.4, -0.2) is 21.2 Å². The van der Waals surface area contributed by atoms with E-state index in [1.807, 2.05) is 49.4 Å². The van der Waals surface area contributed by atoms with E-state index in [-0.39, 0.29) is 22.9 Å². The lowest BCUT2D eigenvalue weighted by Crippen LogP contribution is -2.03. The Balaban J connectivity index is 0.00000210. The van der Waals surface area contributed by atoms with Crippen LogP contribution in [0.3, 0.4) is 0 Å². The van der Waals surface area contributed by atoms with Crippen molar-refractivity contribution in [3.8, 4) is 0 Å². The third-order valence-electron chi connectivity index (χ3n) is 4.17. The zero-order chi connectivity index (χ0) is 18.1. The van der Waals surface area contributed by atoms with Crippen molar-refractivity contribution in [1.29, 1.82) is 0 Å². The van der Waals surface area contributed by atoms with Crippen molar-refractivity contribution >= 4 is 66.3 Å². The molecule has 0 amide bonds. The van der Waals surface area contributed by atoms with Crippen LogP contribution in [-0.2, 0) is 6.42 Å². The molecule has 0 aliphatic rings. The molecule has 138 valence electrons. The fourth-order valence-corrected chi connectivity index (χ4v) is 4.03. The number of para-hydroxylation sites is 1. The van der Waals surface area contributed by atoms with Gasteiger partial charge in [-0.2, -0.15) is 5.10 Å². The molecule has 27 heavy (non-hydrogen) atoms. The van der Waals surface area contributed by atoms with E-state index < -0.39 is 0 Å². The van der Waals surface area contributed by atoms with Crippen molar-refractivity contribution in [2.45, 2.75) is 20.3 Å². The van der Waals surface area contributed by atoms with E-state index in [1.165, 1.54) is 16.9 Å². The average Bonchev–Trinajstić information content (AvgIpc) is 3.17. The van der Waals surface area contributed by atoms with Crippen LogP contribution in [0.4, 0.5) is 5.13 Å². The summed E-state index contributed by atoms with van der Waals surface area (Å²) in [6.07, 6.45) is 0.779. The number of thiazole rings is 1. The topological polar surface area (TPSA) is 59.3 Å². The minimum absolute atomic E-state index is 0. The molecule has 1 N–H and O–H groups in total. The molecule has 0 saturated carbocycles. The second kappa shape index (κ2) is 8.02. The molecule has 0 bridgehead atoms. The number of fused-ring (bicyclic) bond motifs is 3. The van der Waals surface area contributed by atoms with Gasteiger partial charge in [0.15, 0.2) is 0 Å². The monoisotopic (exact) mass is 442 g/mol. The molecule has 0 spiro atoms. The van der Waals surface area contributed by atoms with Crippen LogP contribution in [0.15, 0.2) is 59.7 Å². The Morgan fingerprint density at radius 1 is 1.11 bits per heavy atom. The lowest BCUT2D eigenvalue weighted by molar-refractivity contribution is 0.0947. The lowest BCUT2D eigenvalue weighted by Gasteiger charge is -2.02. The number of carbonyl (C=O) groups excluding carboxylic acids is 1. The predicted octanol–water partition coefficient (Wildman–Crippen LogP) is 5.52. The first-order valence-electron chi connectivity index (χ1n) is 8.37. The van der Waals surface area contributed by atoms with Gasteiger partial charge >= 0.3 is 0 Å². The molecule has 0 aliphatic heterocycles. The number of nitrogens with zero attached hydrogens (tertiary/aromatic N) is 3. The number of halogens is 1. The van der Waals surface area contributed by atoms with Gasteiger partial charge in [0.2, 0.25) is 11.0 Å². The highest BCUT2D eigenvalue weighted by atomic mass is 79.9. The zero-order valence-electron chi connectivity index (χ0n) is 15.0. The van der Waals surface area contributed by atoms with Gasteiger partial charge in [-0.3, -0.25) is 14.8 Å². The molecule has 2 heterocycles. The molecule has 0 saturated heterocycles. The number of rotatable bonds is 4. The summed E-state index contributed by atoms with van der Waals surface area (Å²) < 4.78 is 1.72. The first-order chi connectivity index (χ1) is 12.6. The summed E-state index contributed by atoms with van der Waals surface area (Å²) in [7, 11) is 0. The van der Waals surface area contributed by atoms with Gasteiger partial charge in [0.1, 0.15) is 10.3 Å². The predicted molar refractivity (Wildman–Crippen MR) is 119 cm³/mol. The molecule has 0 aliphatic carbocycles. The van der Waals surface area contributed by atoms with Gasteiger partial charge in [0, 0.05) is 24.4 Å². The quantitative estimate of drug-likeness (QED) is 0.334. The van der Waals surface area contributed by atoms with E-state index in [4.69, 9.17) is 0 Å². The number of hydrogen-bond acceptors (Lipinski definition) is 5. The Bertz CT molecular complexity index is 1130. The van der Waals surface area contributed by atoms with Crippen LogP contribution < -0.4 is 5.43 Å². The van der Waals surface area contributed by atoms with E-state index in [2.05, 4.69) is 27.6 Å². The molecule has 0 fully saturated rings. The van der Waals surface area contributed by atoms with E-state index in [1.54, 1.807) is 11.5 Å². The number of benzene rings is 2.